The Morgan fingerprint density at radius 2 is 1.55 bits per heavy atom. The van der Waals surface area contributed by atoms with Gasteiger partial charge in [0.1, 0.15) is 11.5 Å². The molecule has 0 radical (unpaired) electrons. The van der Waals surface area contributed by atoms with Crippen molar-refractivity contribution in [1.82, 2.24) is 0 Å². The number of anilines is 1. The monoisotopic (exact) mass is 387 g/mol. The minimum absolute atomic E-state index is 0.274. The molecule has 0 aliphatic heterocycles. The number of nitrogens with one attached hydrogen (secondary N) is 1. The molecule has 0 saturated carbocycles. The standard InChI is InChI=1S/C24H21NO4/c26-23(20-9-3-4-10-21(20)24(27)28)25-17-12-14-18(15-13-17)29-22-11-5-7-16-6-1-2-8-19(16)22/h1-8,11-15,20-21H,9-10H2,(H,25,26)(H,27,28)/t20-,21+/m1/s1. The normalized spacial score (nSPS) is 18.3. The molecule has 29 heavy (non-hydrogen) atoms. The Morgan fingerprint density at radius 3 is 2.31 bits per heavy atom. The predicted octanol–water partition coefficient (Wildman–Crippen LogP) is 5.24. The van der Waals surface area contributed by atoms with E-state index in [9.17, 15) is 14.7 Å². The van der Waals surface area contributed by atoms with E-state index >= 15 is 0 Å². The van der Waals surface area contributed by atoms with Crippen LogP contribution < -0.4 is 10.1 Å². The Labute approximate surface area is 168 Å². The molecule has 0 bridgehead atoms. The molecule has 1 aliphatic rings. The summed E-state index contributed by atoms with van der Waals surface area (Å²) in [6, 6.07) is 21.0. The fourth-order valence-electron chi connectivity index (χ4n) is 3.63. The number of carbonyl (C=O) groups is 2. The summed E-state index contributed by atoms with van der Waals surface area (Å²) in [5.41, 5.74) is 0.610. The van der Waals surface area contributed by atoms with Crippen molar-refractivity contribution < 1.29 is 19.4 Å². The number of ether oxygens (including phenoxy) is 1. The Morgan fingerprint density at radius 1 is 0.862 bits per heavy atom. The SMILES string of the molecule is O=C(O)[C@H]1CC=CC[C@H]1C(=O)Nc1ccc(Oc2cccc3ccccc23)cc1. The molecule has 1 aliphatic carbocycles. The number of amides is 1. The first-order chi connectivity index (χ1) is 14.1. The quantitative estimate of drug-likeness (QED) is 0.587. The van der Waals surface area contributed by atoms with E-state index in [-0.39, 0.29) is 5.91 Å². The summed E-state index contributed by atoms with van der Waals surface area (Å²) in [6.07, 6.45) is 4.50. The number of aliphatic carboxylic acids is 1. The van der Waals surface area contributed by atoms with Gasteiger partial charge >= 0.3 is 5.97 Å². The minimum Gasteiger partial charge on any atom is -0.481 e. The van der Waals surface area contributed by atoms with Gasteiger partial charge in [0.05, 0.1) is 11.8 Å². The highest BCUT2D eigenvalue weighted by atomic mass is 16.5. The van der Waals surface area contributed by atoms with E-state index in [1.165, 1.54) is 0 Å². The predicted molar refractivity (Wildman–Crippen MR) is 112 cm³/mol. The van der Waals surface area contributed by atoms with E-state index < -0.39 is 17.8 Å². The summed E-state index contributed by atoms with van der Waals surface area (Å²) in [4.78, 5) is 24.0. The molecule has 0 fully saturated rings. The molecule has 3 aromatic carbocycles. The molecule has 0 aromatic heterocycles. The van der Waals surface area contributed by atoms with Crippen molar-refractivity contribution in [2.75, 3.05) is 5.32 Å². The van der Waals surface area contributed by atoms with Gasteiger partial charge < -0.3 is 15.2 Å². The van der Waals surface area contributed by atoms with Crippen molar-refractivity contribution in [3.8, 4) is 11.5 Å². The summed E-state index contributed by atoms with van der Waals surface area (Å²) in [7, 11) is 0. The van der Waals surface area contributed by atoms with Gasteiger partial charge in [0, 0.05) is 11.1 Å². The molecular formula is C24H21NO4. The lowest BCUT2D eigenvalue weighted by atomic mass is 9.82. The molecule has 0 spiro atoms. The summed E-state index contributed by atoms with van der Waals surface area (Å²) >= 11 is 0. The molecule has 3 aromatic rings. The number of carboxylic acid groups (broad SMARTS) is 1. The Kier molecular flexibility index (Phi) is 5.29. The van der Waals surface area contributed by atoms with Crippen molar-refractivity contribution in [3.63, 3.8) is 0 Å². The number of allylic oxidation sites excluding steroid dienone is 2. The van der Waals surface area contributed by atoms with E-state index in [4.69, 9.17) is 4.74 Å². The molecule has 0 heterocycles. The molecule has 5 heteroatoms. The van der Waals surface area contributed by atoms with E-state index in [1.54, 1.807) is 24.3 Å². The van der Waals surface area contributed by atoms with Gasteiger partial charge in [0.25, 0.3) is 0 Å². The second kappa shape index (κ2) is 8.19. The third kappa shape index (κ3) is 4.14. The zero-order valence-corrected chi connectivity index (χ0v) is 15.7. The van der Waals surface area contributed by atoms with Crippen molar-refractivity contribution in [2.24, 2.45) is 11.8 Å². The van der Waals surface area contributed by atoms with Gasteiger partial charge in [-0.15, -0.1) is 0 Å². The molecule has 2 atom stereocenters. The molecule has 2 N–H and O–H groups in total. The van der Waals surface area contributed by atoms with Gasteiger partial charge in [-0.1, -0.05) is 48.6 Å². The van der Waals surface area contributed by atoms with Crippen molar-refractivity contribution in [1.29, 1.82) is 0 Å². The number of rotatable bonds is 5. The van der Waals surface area contributed by atoms with Crippen LogP contribution in [0.2, 0.25) is 0 Å². The van der Waals surface area contributed by atoms with Gasteiger partial charge in [-0.3, -0.25) is 9.59 Å². The first-order valence-electron chi connectivity index (χ1n) is 9.56. The number of hydrogen-bond acceptors (Lipinski definition) is 3. The topological polar surface area (TPSA) is 75.6 Å². The first-order valence-corrected chi connectivity index (χ1v) is 9.56. The zero-order valence-electron chi connectivity index (χ0n) is 15.7. The van der Waals surface area contributed by atoms with Gasteiger partial charge in [-0.25, -0.2) is 0 Å². The first kappa shape index (κ1) is 18.7. The third-order valence-corrected chi connectivity index (χ3v) is 5.19. The number of benzene rings is 3. The van der Waals surface area contributed by atoms with Gasteiger partial charge in [0.15, 0.2) is 0 Å². The summed E-state index contributed by atoms with van der Waals surface area (Å²) in [5.74, 6) is -1.04. The number of carboxylic acids is 1. The zero-order chi connectivity index (χ0) is 20.2. The highest BCUT2D eigenvalue weighted by Crippen LogP contribution is 2.31. The number of fused-ring (bicyclic) bond motifs is 1. The molecule has 0 unspecified atom stereocenters. The van der Waals surface area contributed by atoms with Crippen LogP contribution in [0.1, 0.15) is 12.8 Å². The summed E-state index contributed by atoms with van der Waals surface area (Å²) in [6.45, 7) is 0. The van der Waals surface area contributed by atoms with Gasteiger partial charge in [0.2, 0.25) is 5.91 Å². The minimum atomic E-state index is -0.937. The largest absolute Gasteiger partial charge is 0.481 e. The number of carbonyl (C=O) groups excluding carboxylic acids is 1. The van der Waals surface area contributed by atoms with E-state index in [1.807, 2.05) is 54.6 Å². The maximum Gasteiger partial charge on any atom is 0.307 e. The van der Waals surface area contributed by atoms with E-state index in [0.717, 1.165) is 16.5 Å². The lowest BCUT2D eigenvalue weighted by molar-refractivity contribution is -0.146. The second-order valence-corrected chi connectivity index (χ2v) is 7.09. The van der Waals surface area contributed by atoms with Crippen LogP contribution in [0.15, 0.2) is 78.9 Å². The lowest BCUT2D eigenvalue weighted by Crippen LogP contribution is -2.34. The van der Waals surface area contributed by atoms with E-state index in [0.29, 0.717) is 24.3 Å². The fraction of sp³-hybridized carbons (Fsp3) is 0.167. The molecule has 4 rings (SSSR count). The highest BCUT2D eigenvalue weighted by Gasteiger charge is 2.33. The maximum atomic E-state index is 12.6. The van der Waals surface area contributed by atoms with Crippen molar-refractivity contribution >= 4 is 28.3 Å². The van der Waals surface area contributed by atoms with Crippen LogP contribution in [0.3, 0.4) is 0 Å². The maximum absolute atomic E-state index is 12.6. The molecule has 0 saturated heterocycles. The van der Waals surface area contributed by atoms with Gasteiger partial charge in [-0.2, -0.15) is 0 Å². The fourth-order valence-corrected chi connectivity index (χ4v) is 3.63. The molecule has 146 valence electrons. The van der Waals surface area contributed by atoms with Crippen LogP contribution >= 0.6 is 0 Å². The molecular weight excluding hydrogens is 366 g/mol. The summed E-state index contributed by atoms with van der Waals surface area (Å²) in [5, 5.41) is 14.3. The highest BCUT2D eigenvalue weighted by molar-refractivity contribution is 5.95. The smallest absolute Gasteiger partial charge is 0.307 e. The average molecular weight is 387 g/mol. The van der Waals surface area contributed by atoms with Crippen LogP contribution in [0.4, 0.5) is 5.69 Å². The van der Waals surface area contributed by atoms with Crippen molar-refractivity contribution in [2.45, 2.75) is 12.8 Å². The van der Waals surface area contributed by atoms with Gasteiger partial charge in [-0.05, 0) is 48.6 Å². The third-order valence-electron chi connectivity index (χ3n) is 5.19. The van der Waals surface area contributed by atoms with Crippen LogP contribution in [0, 0.1) is 11.8 Å². The Balaban J connectivity index is 1.46. The van der Waals surface area contributed by atoms with E-state index in [2.05, 4.69) is 5.32 Å². The van der Waals surface area contributed by atoms with Crippen LogP contribution in [-0.4, -0.2) is 17.0 Å². The average Bonchev–Trinajstić information content (AvgIpc) is 2.75. The Bertz CT molecular complexity index is 1070. The molecule has 1 amide bonds. The lowest BCUT2D eigenvalue weighted by Gasteiger charge is -2.24. The van der Waals surface area contributed by atoms with Crippen LogP contribution in [-0.2, 0) is 9.59 Å². The number of hydrogen-bond donors (Lipinski definition) is 2. The second-order valence-electron chi connectivity index (χ2n) is 7.09. The van der Waals surface area contributed by atoms with Crippen LogP contribution in [0.5, 0.6) is 11.5 Å². The summed E-state index contributed by atoms with van der Waals surface area (Å²) < 4.78 is 6.02. The van der Waals surface area contributed by atoms with Crippen LogP contribution in [0.25, 0.3) is 10.8 Å². The molecule has 5 nitrogen and oxygen atoms in total. The Hall–Kier alpha value is -3.60. The van der Waals surface area contributed by atoms with Crippen molar-refractivity contribution in [3.05, 3.63) is 78.9 Å².